The summed E-state index contributed by atoms with van der Waals surface area (Å²) < 4.78 is 0. The fraction of sp³-hybridized carbons (Fsp3) is 0. The summed E-state index contributed by atoms with van der Waals surface area (Å²) in [6.07, 6.45) is 8.29. The average molecular weight is 254 g/mol. The summed E-state index contributed by atoms with van der Waals surface area (Å²) in [5.74, 6) is 0. The van der Waals surface area contributed by atoms with Crippen LogP contribution in [0.5, 0.6) is 0 Å². The Labute approximate surface area is 115 Å². The molecule has 20 heavy (non-hydrogen) atoms. The van der Waals surface area contributed by atoms with Gasteiger partial charge in [0.2, 0.25) is 0 Å². The number of hydrogen-bond donors (Lipinski definition) is 0. The van der Waals surface area contributed by atoms with Crippen LogP contribution in [0.25, 0.3) is 33.7 Å². The van der Waals surface area contributed by atoms with Gasteiger partial charge in [0, 0.05) is 5.56 Å². The van der Waals surface area contributed by atoms with Gasteiger partial charge in [-0.25, -0.2) is 0 Å². The number of rotatable bonds is 0. The van der Waals surface area contributed by atoms with Crippen LogP contribution >= 0.6 is 0 Å². The first-order chi connectivity index (χ1) is 9.90. The molecule has 0 radical (unpaired) electrons. The second-order valence-electron chi connectivity index (χ2n) is 5.23. The first kappa shape index (κ1) is 10.1. The highest BCUT2D eigenvalue weighted by Crippen LogP contribution is 2.27. The normalized spacial score (nSPS) is 14.4. The van der Waals surface area contributed by atoms with E-state index in [1.54, 1.807) is 0 Å². The second-order valence-corrected chi connectivity index (χ2v) is 5.23. The van der Waals surface area contributed by atoms with E-state index in [4.69, 9.17) is 0 Å². The molecule has 3 aromatic carbocycles. The van der Waals surface area contributed by atoms with E-state index < -0.39 is 0 Å². The van der Waals surface area contributed by atoms with Crippen molar-refractivity contribution in [1.82, 2.24) is 0 Å². The highest BCUT2D eigenvalue weighted by atomic mass is 15.2. The van der Waals surface area contributed by atoms with Crippen molar-refractivity contribution >= 4 is 39.9 Å². The van der Waals surface area contributed by atoms with E-state index in [9.17, 15) is 0 Å². The van der Waals surface area contributed by atoms with Gasteiger partial charge in [0.25, 0.3) is 0 Å². The summed E-state index contributed by atoms with van der Waals surface area (Å²) in [6.45, 7) is 0. The maximum Gasteiger partial charge on any atom is 0.0951 e. The minimum absolute atomic E-state index is 0.964. The van der Waals surface area contributed by atoms with Crippen LogP contribution in [0, 0.1) is 0 Å². The maximum absolute atomic E-state index is 4.14. The Hall–Kier alpha value is -2.74. The van der Waals surface area contributed by atoms with Crippen LogP contribution in [0.3, 0.4) is 0 Å². The standard InChI is InChI=1S/C18H10N2/c1-2-11-4-6-16-15(14(11)3-1)7-5-12-9-18-13(8-17(12)16)10-19-20-18/h1-10H. The molecule has 0 saturated carbocycles. The molecule has 0 N–H and O–H groups in total. The van der Waals surface area contributed by atoms with Gasteiger partial charge in [0.05, 0.1) is 11.6 Å². The van der Waals surface area contributed by atoms with Crippen molar-refractivity contribution in [1.29, 1.82) is 0 Å². The van der Waals surface area contributed by atoms with Gasteiger partial charge in [-0.1, -0.05) is 42.5 Å². The zero-order chi connectivity index (χ0) is 13.1. The first-order valence-electron chi connectivity index (χ1n) is 6.69. The quantitative estimate of drug-likeness (QED) is 0.551. The molecule has 0 atom stereocenters. The molecule has 5 rings (SSSR count). The van der Waals surface area contributed by atoms with Crippen LogP contribution < -0.4 is 10.6 Å². The van der Waals surface area contributed by atoms with E-state index in [1.807, 2.05) is 6.21 Å². The van der Waals surface area contributed by atoms with Gasteiger partial charge >= 0.3 is 0 Å². The molecular formula is C18H10N2. The zero-order valence-electron chi connectivity index (χ0n) is 10.7. The molecule has 1 aliphatic carbocycles. The monoisotopic (exact) mass is 254 g/mol. The predicted molar refractivity (Wildman–Crippen MR) is 83.3 cm³/mol. The van der Waals surface area contributed by atoms with Gasteiger partial charge in [-0.15, -0.1) is 0 Å². The Bertz CT molecular complexity index is 1080. The molecule has 0 spiro atoms. The smallest absolute Gasteiger partial charge is 0.0951 e. The van der Waals surface area contributed by atoms with E-state index in [0.29, 0.717) is 0 Å². The lowest BCUT2D eigenvalue weighted by Gasteiger charge is -2.07. The summed E-state index contributed by atoms with van der Waals surface area (Å²) >= 11 is 0. The van der Waals surface area contributed by atoms with Crippen molar-refractivity contribution in [3.8, 4) is 0 Å². The second kappa shape index (κ2) is 3.42. The number of nitrogens with zero attached hydrogens (tertiary/aromatic N) is 2. The van der Waals surface area contributed by atoms with Crippen LogP contribution in [-0.2, 0) is 0 Å². The minimum atomic E-state index is 0.964. The van der Waals surface area contributed by atoms with Gasteiger partial charge in [-0.2, -0.15) is 10.2 Å². The lowest BCUT2D eigenvalue weighted by atomic mass is 9.96. The Morgan fingerprint density at radius 3 is 2.80 bits per heavy atom. The molecule has 1 heterocycles. The van der Waals surface area contributed by atoms with E-state index in [1.165, 1.54) is 32.3 Å². The number of allylic oxidation sites excluding steroid dienone is 1. The molecule has 3 aromatic rings. The topological polar surface area (TPSA) is 24.7 Å². The molecule has 2 aliphatic rings. The number of hydrogen-bond acceptors (Lipinski definition) is 2. The van der Waals surface area contributed by atoms with Crippen LogP contribution in [0.15, 0.2) is 52.7 Å². The molecule has 0 fully saturated rings. The van der Waals surface area contributed by atoms with Gasteiger partial charge in [-0.3, -0.25) is 0 Å². The molecule has 1 aliphatic heterocycles. The van der Waals surface area contributed by atoms with Crippen molar-refractivity contribution < 1.29 is 0 Å². The number of fused-ring (bicyclic) bond motifs is 6. The molecule has 0 bridgehead atoms. The summed E-state index contributed by atoms with van der Waals surface area (Å²) in [5.41, 5.74) is 2.43. The summed E-state index contributed by atoms with van der Waals surface area (Å²) in [4.78, 5) is 0. The van der Waals surface area contributed by atoms with Crippen molar-refractivity contribution in [3.63, 3.8) is 0 Å². The van der Waals surface area contributed by atoms with E-state index >= 15 is 0 Å². The molecule has 0 aromatic heterocycles. The SMILES string of the molecule is C1=Cc2c(ccc3c2ccc2cc4c(cc23)C=NN=4)=C1. The van der Waals surface area contributed by atoms with Gasteiger partial charge < -0.3 is 0 Å². The Morgan fingerprint density at radius 2 is 1.80 bits per heavy atom. The highest BCUT2D eigenvalue weighted by Gasteiger charge is 2.09. The van der Waals surface area contributed by atoms with Crippen molar-refractivity contribution in [2.45, 2.75) is 0 Å². The van der Waals surface area contributed by atoms with E-state index in [0.717, 1.165) is 10.9 Å². The van der Waals surface area contributed by atoms with Crippen LogP contribution in [0.1, 0.15) is 11.1 Å². The van der Waals surface area contributed by atoms with Gasteiger partial charge in [0.15, 0.2) is 0 Å². The molecule has 0 saturated heterocycles. The Morgan fingerprint density at radius 1 is 0.850 bits per heavy atom. The Kier molecular flexibility index (Phi) is 1.73. The van der Waals surface area contributed by atoms with Crippen molar-refractivity contribution in [3.05, 3.63) is 64.2 Å². The van der Waals surface area contributed by atoms with Crippen LogP contribution in [-0.4, -0.2) is 6.21 Å². The summed E-state index contributed by atoms with van der Waals surface area (Å²) in [6, 6.07) is 13.1. The predicted octanol–water partition coefficient (Wildman–Crippen LogP) is 2.77. The largest absolute Gasteiger partial charge is 0.158 e. The summed E-state index contributed by atoms with van der Waals surface area (Å²) in [5, 5.41) is 15.5. The third-order valence-electron chi connectivity index (χ3n) is 4.14. The van der Waals surface area contributed by atoms with Gasteiger partial charge in [-0.05, 0) is 44.5 Å². The molecular weight excluding hydrogens is 244 g/mol. The van der Waals surface area contributed by atoms with Gasteiger partial charge in [0.1, 0.15) is 0 Å². The average Bonchev–Trinajstić information content (AvgIpc) is 3.12. The fourth-order valence-corrected chi connectivity index (χ4v) is 3.16. The molecule has 2 nitrogen and oxygen atoms in total. The maximum atomic E-state index is 4.14. The van der Waals surface area contributed by atoms with Crippen LogP contribution in [0.2, 0.25) is 0 Å². The van der Waals surface area contributed by atoms with Crippen LogP contribution in [0.4, 0.5) is 0 Å². The van der Waals surface area contributed by atoms with Crippen molar-refractivity contribution in [2.24, 2.45) is 10.2 Å². The third kappa shape index (κ3) is 1.18. The molecule has 0 amide bonds. The van der Waals surface area contributed by atoms with E-state index in [2.05, 4.69) is 64.8 Å². The van der Waals surface area contributed by atoms with E-state index in [-0.39, 0.29) is 0 Å². The molecule has 92 valence electrons. The Balaban J connectivity index is 2.03. The zero-order valence-corrected chi connectivity index (χ0v) is 10.7. The number of benzene rings is 3. The summed E-state index contributed by atoms with van der Waals surface area (Å²) in [7, 11) is 0. The lowest BCUT2D eigenvalue weighted by Crippen LogP contribution is -2.05. The van der Waals surface area contributed by atoms with Crippen molar-refractivity contribution in [2.75, 3.05) is 0 Å². The first-order valence-corrected chi connectivity index (χ1v) is 6.69. The fourth-order valence-electron chi connectivity index (χ4n) is 3.16. The lowest BCUT2D eigenvalue weighted by molar-refractivity contribution is 1.19. The third-order valence-corrected chi connectivity index (χ3v) is 4.14. The minimum Gasteiger partial charge on any atom is -0.158 e. The molecule has 2 heteroatoms. The molecule has 0 unspecified atom stereocenters. The highest BCUT2D eigenvalue weighted by molar-refractivity contribution is 6.11.